The fourth-order valence-electron chi connectivity index (χ4n) is 2.03. The van der Waals surface area contributed by atoms with Crippen LogP contribution in [0.5, 0.6) is 0 Å². The van der Waals surface area contributed by atoms with Crippen molar-refractivity contribution >= 4 is 22.1 Å². The van der Waals surface area contributed by atoms with Crippen LogP contribution in [0.3, 0.4) is 0 Å². The molecule has 0 saturated carbocycles. The zero-order chi connectivity index (χ0) is 18.4. The first kappa shape index (κ1) is 36.2. The summed E-state index contributed by atoms with van der Waals surface area (Å²) in [6.07, 6.45) is 6.40. The Morgan fingerprint density at radius 2 is 1.30 bits per heavy atom. The van der Waals surface area contributed by atoms with Gasteiger partial charge in [-0.1, -0.05) is 52.4 Å². The predicted octanol–water partition coefficient (Wildman–Crippen LogP) is -5.77. The topological polar surface area (TPSA) is 107 Å². The first-order valence-corrected chi connectivity index (χ1v) is 10.1. The normalized spacial score (nSPS) is 11.2. The average Bonchev–Trinajstić information content (AvgIpc) is 2.51. The Morgan fingerprint density at radius 1 is 0.852 bits per heavy atom. The van der Waals surface area contributed by atoms with Gasteiger partial charge in [-0.2, -0.15) is 8.42 Å². The second-order valence-electron chi connectivity index (χ2n) is 5.72. The maximum absolute atomic E-state index is 11.8. The van der Waals surface area contributed by atoms with Gasteiger partial charge >= 0.3 is 101 Å². The zero-order valence-corrected chi connectivity index (χ0v) is 24.5. The van der Waals surface area contributed by atoms with Crippen molar-refractivity contribution < 1.29 is 125 Å². The number of esters is 2. The molecule has 27 heavy (non-hydrogen) atoms. The molecule has 0 bridgehead atoms. The second kappa shape index (κ2) is 22.5. The van der Waals surface area contributed by atoms with Crippen LogP contribution >= 0.6 is 0 Å². The first-order chi connectivity index (χ1) is 11.3. The standard InChI is InChI=1S/C16H30O7S.3Na.3H/c1-3-5-7-9-11-22-15(17)13-14(24(19,20)21)16(18)23-12-10-8-6-4-2;;;;;;/h14H,3-13H2,1-2H3,(H,19,20,21);;;;;;/q;3*+1;3*-1. The van der Waals surface area contributed by atoms with E-state index in [1.165, 1.54) is 0 Å². The monoisotopic (exact) mass is 438 g/mol. The molecule has 0 radical (unpaired) electrons. The Balaban J connectivity index is -0.000000176. The first-order valence-electron chi connectivity index (χ1n) is 8.61. The SMILES string of the molecule is CCCCCCOC(=O)CC(C(=O)OCCCCCC)S(=O)(=O)O.[H-].[H-].[H-].[Na+].[Na+].[Na+]. The smallest absolute Gasteiger partial charge is 1.00 e. The van der Waals surface area contributed by atoms with Crippen molar-refractivity contribution in [2.24, 2.45) is 0 Å². The molecule has 1 atom stereocenters. The third-order valence-electron chi connectivity index (χ3n) is 3.48. The fraction of sp³-hybridized carbons (Fsp3) is 0.875. The maximum Gasteiger partial charge on any atom is 1.00 e. The minimum atomic E-state index is -4.72. The molecule has 1 N–H and O–H groups in total. The second-order valence-corrected chi connectivity index (χ2v) is 7.32. The molecule has 0 fully saturated rings. The van der Waals surface area contributed by atoms with E-state index >= 15 is 0 Å². The summed E-state index contributed by atoms with van der Waals surface area (Å²) in [5.74, 6) is -1.95. The van der Waals surface area contributed by atoms with E-state index in [9.17, 15) is 18.0 Å². The largest absolute Gasteiger partial charge is 1.00 e. The molecule has 0 saturated heterocycles. The molecule has 11 heteroatoms. The van der Waals surface area contributed by atoms with Gasteiger partial charge in [0.15, 0.2) is 5.25 Å². The van der Waals surface area contributed by atoms with Crippen molar-refractivity contribution in [3.05, 3.63) is 0 Å². The Labute approximate surface area is 234 Å². The van der Waals surface area contributed by atoms with Crippen LogP contribution < -0.4 is 88.7 Å². The van der Waals surface area contributed by atoms with E-state index in [0.29, 0.717) is 12.8 Å². The number of ether oxygens (including phenoxy) is 2. The van der Waals surface area contributed by atoms with Crippen LogP contribution in [0, 0.1) is 0 Å². The molecule has 0 aromatic rings. The fourth-order valence-corrected chi connectivity index (χ4v) is 2.69. The van der Waals surface area contributed by atoms with Gasteiger partial charge in [0.25, 0.3) is 10.1 Å². The van der Waals surface area contributed by atoms with E-state index < -0.39 is 33.7 Å². The summed E-state index contributed by atoms with van der Waals surface area (Å²) >= 11 is 0. The van der Waals surface area contributed by atoms with E-state index in [0.717, 1.165) is 38.5 Å². The summed E-state index contributed by atoms with van der Waals surface area (Å²) in [7, 11) is -4.72. The third-order valence-corrected chi connectivity index (χ3v) is 4.56. The van der Waals surface area contributed by atoms with E-state index in [1.54, 1.807) is 0 Å². The van der Waals surface area contributed by atoms with Crippen molar-refractivity contribution in [3.63, 3.8) is 0 Å². The molecular weight excluding hydrogens is 405 g/mol. The van der Waals surface area contributed by atoms with E-state index in [4.69, 9.17) is 14.0 Å². The van der Waals surface area contributed by atoms with Gasteiger partial charge < -0.3 is 13.8 Å². The molecule has 0 aromatic heterocycles. The summed E-state index contributed by atoms with van der Waals surface area (Å²) in [5, 5.41) is -1.92. The van der Waals surface area contributed by atoms with Gasteiger partial charge in [0.2, 0.25) is 0 Å². The molecule has 148 valence electrons. The number of carbonyl (C=O) groups excluding carboxylic acids is 2. The number of hydrogen-bond donors (Lipinski definition) is 1. The minimum Gasteiger partial charge on any atom is -1.00 e. The van der Waals surface area contributed by atoms with Crippen molar-refractivity contribution in [2.75, 3.05) is 13.2 Å². The van der Waals surface area contributed by atoms with Crippen LogP contribution in [-0.2, 0) is 29.2 Å². The van der Waals surface area contributed by atoms with Crippen LogP contribution in [0.25, 0.3) is 0 Å². The molecule has 0 aliphatic heterocycles. The number of rotatable bonds is 14. The molecule has 0 aromatic carbocycles. The van der Waals surface area contributed by atoms with E-state index in [2.05, 4.69) is 6.92 Å². The van der Waals surface area contributed by atoms with E-state index in [1.807, 2.05) is 6.92 Å². The summed E-state index contributed by atoms with van der Waals surface area (Å²) in [6.45, 7) is 4.32. The summed E-state index contributed by atoms with van der Waals surface area (Å²) in [4.78, 5) is 23.5. The number of hydrogen-bond acceptors (Lipinski definition) is 6. The van der Waals surface area contributed by atoms with Crippen molar-refractivity contribution in [1.29, 1.82) is 0 Å². The van der Waals surface area contributed by atoms with Gasteiger partial charge in [-0.25, -0.2) is 0 Å². The molecule has 0 rings (SSSR count). The van der Waals surface area contributed by atoms with Gasteiger partial charge in [-0.15, -0.1) is 0 Å². The summed E-state index contributed by atoms with van der Waals surface area (Å²) < 4.78 is 41.5. The quantitative estimate of drug-likeness (QED) is 0.125. The van der Waals surface area contributed by atoms with Crippen LogP contribution in [0.4, 0.5) is 0 Å². The predicted molar refractivity (Wildman–Crippen MR) is 93.5 cm³/mol. The summed E-state index contributed by atoms with van der Waals surface area (Å²) in [6, 6.07) is 0. The molecule has 0 heterocycles. The van der Waals surface area contributed by atoms with E-state index in [-0.39, 0.29) is 106 Å². The molecule has 1 unspecified atom stereocenters. The molecule has 0 aliphatic rings. The Hall–Kier alpha value is 1.85. The van der Waals surface area contributed by atoms with Crippen LogP contribution in [-0.4, -0.2) is 43.4 Å². The minimum absolute atomic E-state index is 0. The van der Waals surface area contributed by atoms with Crippen molar-refractivity contribution in [2.45, 2.75) is 76.9 Å². The van der Waals surface area contributed by atoms with Gasteiger partial charge in [0.1, 0.15) is 0 Å². The van der Waals surface area contributed by atoms with Crippen LogP contribution in [0.15, 0.2) is 0 Å². The number of carbonyl (C=O) groups is 2. The maximum atomic E-state index is 11.8. The van der Waals surface area contributed by atoms with Gasteiger partial charge in [0, 0.05) is 0 Å². The molecule has 0 amide bonds. The van der Waals surface area contributed by atoms with Gasteiger partial charge in [0.05, 0.1) is 19.6 Å². The summed E-state index contributed by atoms with van der Waals surface area (Å²) in [5.41, 5.74) is 0. The van der Waals surface area contributed by atoms with Gasteiger partial charge in [-0.05, 0) is 12.8 Å². The van der Waals surface area contributed by atoms with Crippen LogP contribution in [0.2, 0.25) is 0 Å². The Bertz CT molecular complexity index is 487. The van der Waals surface area contributed by atoms with Crippen LogP contribution in [0.1, 0.15) is 75.9 Å². The average molecular weight is 438 g/mol. The van der Waals surface area contributed by atoms with Crippen molar-refractivity contribution in [1.82, 2.24) is 0 Å². The Morgan fingerprint density at radius 3 is 1.70 bits per heavy atom. The Kier molecular flexibility index (Phi) is 30.2. The molecule has 0 aliphatic carbocycles. The van der Waals surface area contributed by atoms with Gasteiger partial charge in [-0.3, -0.25) is 14.1 Å². The number of unbranched alkanes of at least 4 members (excludes halogenated alkanes) is 6. The third kappa shape index (κ3) is 20.9. The van der Waals surface area contributed by atoms with Crippen molar-refractivity contribution in [3.8, 4) is 0 Å². The molecular formula is C16H33Na3O7S. The zero-order valence-electron chi connectivity index (χ0n) is 20.7. The molecule has 7 nitrogen and oxygen atoms in total. The molecule has 0 spiro atoms.